The maximum absolute atomic E-state index is 14.0. The van der Waals surface area contributed by atoms with Crippen LogP contribution in [-0.2, 0) is 48.4 Å². The summed E-state index contributed by atoms with van der Waals surface area (Å²) < 4.78 is 24.4. The van der Waals surface area contributed by atoms with Crippen LogP contribution in [0.15, 0.2) is 65.3 Å². The molecule has 1 aromatic carbocycles. The number of methoxy groups -OCH3 is 1. The molecule has 0 saturated carbocycles. The second kappa shape index (κ2) is 17.5. The molecule has 1 saturated heterocycles. The molecule has 2 atom stereocenters. The summed E-state index contributed by atoms with van der Waals surface area (Å²) in [7, 11) is 1.56. The number of fused-ring (bicyclic) bond motifs is 2. The van der Waals surface area contributed by atoms with E-state index in [2.05, 4.69) is 30.1 Å². The molecule has 0 bridgehead atoms. The van der Waals surface area contributed by atoms with E-state index in [-0.39, 0.29) is 42.1 Å². The number of aromatic nitrogens is 5. The number of nitrogens with zero attached hydrogens (tertiary/aromatic N) is 7. The number of pyridine rings is 1. The maximum atomic E-state index is 14.0. The van der Waals surface area contributed by atoms with Crippen LogP contribution in [-0.4, -0.2) is 96.4 Å². The highest BCUT2D eigenvalue weighted by atomic mass is 32.2. The van der Waals surface area contributed by atoms with E-state index >= 15 is 0 Å². The number of benzene rings is 1. The number of carbonyl (C=O) groups is 4. The summed E-state index contributed by atoms with van der Waals surface area (Å²) >= 11 is 2.20. The summed E-state index contributed by atoms with van der Waals surface area (Å²) in [6.45, 7) is 8.42. The first kappa shape index (κ1) is 40.1. The molecule has 1 fully saturated rings. The molecule has 2 aliphatic heterocycles. The predicted octanol–water partition coefficient (Wildman–Crippen LogP) is 2.72. The average molecular weight is 808 g/mol. The van der Waals surface area contributed by atoms with E-state index in [1.807, 2.05) is 27.5 Å². The summed E-state index contributed by atoms with van der Waals surface area (Å²) in [6.07, 6.45) is 3.66. The fourth-order valence-electron chi connectivity index (χ4n) is 5.87. The van der Waals surface area contributed by atoms with Crippen molar-refractivity contribution in [2.24, 2.45) is 10.9 Å². The fraction of sp³-hybridized carbons (Fsp3) is 0.417. The van der Waals surface area contributed by atoms with Gasteiger partial charge in [0.1, 0.15) is 53.7 Å². The number of thioether (sulfide) groups is 1. The number of esters is 1. The van der Waals surface area contributed by atoms with Gasteiger partial charge in [-0.15, -0.1) is 11.8 Å². The Balaban J connectivity index is 1.24. The van der Waals surface area contributed by atoms with Crippen LogP contribution in [0.1, 0.15) is 45.5 Å². The van der Waals surface area contributed by atoms with E-state index in [4.69, 9.17) is 24.8 Å². The van der Waals surface area contributed by atoms with Crippen LogP contribution >= 0.6 is 23.3 Å². The molecule has 6 rings (SSSR count). The van der Waals surface area contributed by atoms with Crippen LogP contribution in [0.3, 0.4) is 0 Å². The molecular formula is C36H43N10O8S2+. The summed E-state index contributed by atoms with van der Waals surface area (Å²) in [6, 6.07) is 9.94. The quantitative estimate of drug-likeness (QED) is 0.0518. The first-order valence-electron chi connectivity index (χ1n) is 17.8. The van der Waals surface area contributed by atoms with E-state index in [1.54, 1.807) is 65.4 Å². The summed E-state index contributed by atoms with van der Waals surface area (Å²) in [5, 5.41) is 8.55. The normalized spacial score (nSPS) is 16.9. The molecule has 0 spiro atoms. The molecule has 3 amide bonds. The lowest BCUT2D eigenvalue weighted by molar-refractivity contribution is -0.664. The Morgan fingerprint density at radius 1 is 1.16 bits per heavy atom. The average Bonchev–Trinajstić information content (AvgIpc) is 3.81. The molecule has 0 radical (unpaired) electrons. The summed E-state index contributed by atoms with van der Waals surface area (Å²) in [4.78, 5) is 69.3. The highest BCUT2D eigenvalue weighted by Gasteiger charge is 2.55. The minimum absolute atomic E-state index is 0.0451. The lowest BCUT2D eigenvalue weighted by atomic mass is 10.0. The van der Waals surface area contributed by atoms with Gasteiger partial charge in [0.2, 0.25) is 23.0 Å². The summed E-state index contributed by atoms with van der Waals surface area (Å²) in [5.41, 5.74) is 7.78. The highest BCUT2D eigenvalue weighted by molar-refractivity contribution is 8.00. The monoisotopic (exact) mass is 807 g/mol. The van der Waals surface area contributed by atoms with Crippen molar-refractivity contribution in [1.29, 1.82) is 0 Å². The number of aryl methyl sites for hydroxylation is 1. The topological polar surface area (TPSA) is 218 Å². The van der Waals surface area contributed by atoms with Crippen LogP contribution in [0.5, 0.6) is 5.75 Å². The van der Waals surface area contributed by atoms with Crippen molar-refractivity contribution in [2.75, 3.05) is 31.3 Å². The molecule has 20 heteroatoms. The number of hydrogen-bond acceptors (Lipinski definition) is 15. The van der Waals surface area contributed by atoms with Crippen molar-refractivity contribution < 1.29 is 42.8 Å². The minimum Gasteiger partial charge on any atom is -0.497 e. The minimum atomic E-state index is -1.03. The van der Waals surface area contributed by atoms with Crippen molar-refractivity contribution in [2.45, 2.75) is 70.8 Å². The number of carbonyl (C=O) groups excluding carboxylic acids is 4. The van der Waals surface area contributed by atoms with Gasteiger partial charge in [-0.25, -0.2) is 14.2 Å². The van der Waals surface area contributed by atoms with Crippen molar-refractivity contribution in [1.82, 2.24) is 29.1 Å². The number of nitrogens with one attached hydrogen (secondary N) is 2. The molecular weight excluding hydrogens is 765 g/mol. The Morgan fingerprint density at radius 3 is 2.66 bits per heavy atom. The van der Waals surface area contributed by atoms with Crippen molar-refractivity contribution in [3.63, 3.8) is 0 Å². The standard InChI is InChI=1S/C36H42N10O8S2/c1-6-53-42-25(28-40-34(56-43-28)41-35(50)54-36(2,3)4)30(47)39-26-31(48)46-27(33(49)52-18-21-10-12-23(51-5)13-11-21)22(19-55-32(26)46)17-44-15-7-9-24-29(44)38-20-45(24)16-8-14-37/h7,9-13,15,20,26,32H,6,8,14,16-19,37H2,1-5H3,(H-,39,40,41,43,47,50)/p+1/b42-25-. The van der Waals surface area contributed by atoms with Crippen molar-refractivity contribution in [3.8, 4) is 5.75 Å². The third kappa shape index (κ3) is 9.09. The van der Waals surface area contributed by atoms with Crippen LogP contribution in [0.2, 0.25) is 0 Å². The molecule has 296 valence electrons. The third-order valence-electron chi connectivity index (χ3n) is 8.42. The molecule has 2 unspecified atom stereocenters. The van der Waals surface area contributed by atoms with Gasteiger partial charge in [0.05, 0.1) is 13.3 Å². The zero-order valence-corrected chi connectivity index (χ0v) is 33.1. The van der Waals surface area contributed by atoms with Gasteiger partial charge in [-0.3, -0.25) is 19.8 Å². The first-order chi connectivity index (χ1) is 26.9. The van der Waals surface area contributed by atoms with Gasteiger partial charge in [0.25, 0.3) is 11.8 Å². The van der Waals surface area contributed by atoms with Gasteiger partial charge < -0.3 is 34.7 Å². The lowest BCUT2D eigenvalue weighted by Gasteiger charge is -2.49. The molecule has 18 nitrogen and oxygen atoms in total. The Kier molecular flexibility index (Phi) is 12.5. The van der Waals surface area contributed by atoms with E-state index in [0.29, 0.717) is 35.8 Å². The van der Waals surface area contributed by atoms with Gasteiger partial charge in [-0.05, 0) is 75.5 Å². The van der Waals surface area contributed by atoms with Gasteiger partial charge in [0.15, 0.2) is 0 Å². The van der Waals surface area contributed by atoms with E-state index < -0.39 is 40.9 Å². The second-order valence-corrected chi connectivity index (χ2v) is 15.4. The number of amides is 3. The van der Waals surface area contributed by atoms with Gasteiger partial charge >= 0.3 is 17.7 Å². The SMILES string of the molecule is CCO/N=C(\C(=O)NC1C(=O)N2C(C(=O)OCc3ccc(OC)cc3)=C(C[n+]3cccc4c3ncn4CCCN)CSC12)c1nsc(NC(=O)OC(C)(C)C)n1. The molecule has 3 aromatic heterocycles. The summed E-state index contributed by atoms with van der Waals surface area (Å²) in [5.74, 6) is -1.12. The van der Waals surface area contributed by atoms with Crippen molar-refractivity contribution in [3.05, 3.63) is 71.6 Å². The largest absolute Gasteiger partial charge is 0.497 e. The van der Waals surface area contributed by atoms with Crippen LogP contribution in [0.4, 0.5) is 9.93 Å². The number of ether oxygens (including phenoxy) is 3. The smallest absolute Gasteiger partial charge is 0.414 e. The van der Waals surface area contributed by atoms with Crippen LogP contribution < -0.4 is 25.7 Å². The number of hydrogen-bond donors (Lipinski definition) is 3. The first-order valence-corrected chi connectivity index (χ1v) is 19.6. The molecule has 2 aliphatic rings. The molecule has 4 N–H and O–H groups in total. The predicted molar refractivity (Wildman–Crippen MR) is 206 cm³/mol. The zero-order valence-electron chi connectivity index (χ0n) is 31.5. The number of nitrogens with two attached hydrogens (primary N) is 1. The number of imidazole rings is 1. The van der Waals surface area contributed by atoms with Gasteiger partial charge in [-0.2, -0.15) is 9.36 Å². The maximum Gasteiger partial charge on any atom is 0.414 e. The molecule has 5 heterocycles. The molecule has 4 aromatic rings. The second-order valence-electron chi connectivity index (χ2n) is 13.6. The zero-order chi connectivity index (χ0) is 40.0. The Bertz CT molecular complexity index is 2160. The number of anilines is 1. The van der Waals surface area contributed by atoms with E-state index in [1.165, 1.54) is 16.7 Å². The molecule has 0 aliphatic carbocycles. The van der Waals surface area contributed by atoms with Gasteiger partial charge in [-0.1, -0.05) is 17.3 Å². The highest BCUT2D eigenvalue weighted by Crippen LogP contribution is 2.41. The van der Waals surface area contributed by atoms with Crippen LogP contribution in [0, 0.1) is 0 Å². The number of oxime groups is 1. The fourth-order valence-corrected chi connectivity index (χ4v) is 7.76. The Labute approximate surface area is 330 Å². The number of rotatable bonds is 15. The van der Waals surface area contributed by atoms with E-state index in [0.717, 1.165) is 29.0 Å². The third-order valence-corrected chi connectivity index (χ3v) is 10.4. The molecule has 56 heavy (non-hydrogen) atoms. The number of β-lactam (4-membered cyclic amide) rings is 1. The van der Waals surface area contributed by atoms with Crippen LogP contribution in [0.25, 0.3) is 11.2 Å². The Hall–Kier alpha value is -5.60. The lowest BCUT2D eigenvalue weighted by Crippen LogP contribution is -2.71. The van der Waals surface area contributed by atoms with E-state index in [9.17, 15) is 19.2 Å². The van der Waals surface area contributed by atoms with Crippen molar-refractivity contribution >= 4 is 69.2 Å². The Morgan fingerprint density at radius 2 is 1.95 bits per heavy atom. The van der Waals surface area contributed by atoms with Gasteiger partial charge in [0, 0.05) is 29.4 Å².